The van der Waals surface area contributed by atoms with Crippen molar-refractivity contribution < 1.29 is 9.72 Å². The molecule has 1 aromatic heterocycles. The number of nitro groups is 1. The third-order valence-electron chi connectivity index (χ3n) is 7.99. The Bertz CT molecular complexity index is 1630. The van der Waals surface area contributed by atoms with Gasteiger partial charge < -0.3 is 20.1 Å². The Morgan fingerprint density at radius 1 is 1.02 bits per heavy atom. The maximum absolute atomic E-state index is 13.3. The van der Waals surface area contributed by atoms with Crippen LogP contribution in [-0.4, -0.2) is 44.9 Å². The zero-order valence-electron chi connectivity index (χ0n) is 23.7. The maximum Gasteiger partial charge on any atom is 0.270 e. The highest BCUT2D eigenvalue weighted by molar-refractivity contribution is 6.37. The van der Waals surface area contributed by atoms with Crippen LogP contribution in [0.25, 0.3) is 22.5 Å². The van der Waals surface area contributed by atoms with Crippen LogP contribution >= 0.6 is 0 Å². The molecular weight excluding hydrogens is 528 g/mol. The van der Waals surface area contributed by atoms with Crippen LogP contribution in [0.15, 0.2) is 79.3 Å². The minimum atomic E-state index is -0.442. The fourth-order valence-electron chi connectivity index (χ4n) is 5.75. The molecule has 2 aliphatic rings. The Labute approximate surface area is 245 Å². The van der Waals surface area contributed by atoms with Gasteiger partial charge >= 0.3 is 0 Å². The molecule has 4 aromatic rings. The van der Waals surface area contributed by atoms with Crippen LogP contribution in [0.5, 0.6) is 0 Å². The molecule has 2 N–H and O–H groups in total. The highest BCUT2D eigenvalue weighted by atomic mass is 16.6. The number of aromatic nitrogens is 2. The van der Waals surface area contributed by atoms with E-state index in [1.165, 1.54) is 50.0 Å². The molecule has 42 heavy (non-hydrogen) atoms. The third-order valence-corrected chi connectivity index (χ3v) is 7.99. The van der Waals surface area contributed by atoms with E-state index in [0.29, 0.717) is 22.5 Å². The quantitative estimate of drug-likeness (QED) is 0.140. The predicted octanol–water partition coefficient (Wildman–Crippen LogP) is 6.35. The van der Waals surface area contributed by atoms with E-state index in [1.54, 1.807) is 12.4 Å². The van der Waals surface area contributed by atoms with Gasteiger partial charge in [-0.3, -0.25) is 14.9 Å². The summed E-state index contributed by atoms with van der Waals surface area (Å²) in [4.78, 5) is 31.4. The summed E-state index contributed by atoms with van der Waals surface area (Å²) in [5.74, 6) is -0.302. The largest absolute Gasteiger partial charge is 0.354 e. The predicted molar refractivity (Wildman–Crippen MR) is 166 cm³/mol. The number of hydrogen-bond donors (Lipinski definition) is 2. The number of aryl methyl sites for hydroxylation is 2. The van der Waals surface area contributed by atoms with Crippen LogP contribution in [0.2, 0.25) is 0 Å². The third kappa shape index (κ3) is 5.96. The Hall–Kier alpha value is -4.76. The van der Waals surface area contributed by atoms with Gasteiger partial charge in [0.1, 0.15) is 0 Å². The van der Waals surface area contributed by atoms with Crippen molar-refractivity contribution in [1.29, 1.82) is 0 Å². The van der Waals surface area contributed by atoms with Crippen molar-refractivity contribution >= 4 is 34.2 Å². The lowest BCUT2D eigenvalue weighted by molar-refractivity contribution is -0.384. The zero-order chi connectivity index (χ0) is 29.1. The molecular formula is C33H34N6O3. The molecule has 0 unspecified atom stereocenters. The SMILES string of the molecule is Cn1cnc(-c2ccc(N/C(=C3\C(=O)Nc4ccc([N+](=O)[O-])cc43)c3ccc(CCCN4CCCCC4)cc3)cc2)c1. The number of nitro benzene ring substituents is 1. The van der Waals surface area contributed by atoms with E-state index in [9.17, 15) is 14.9 Å². The van der Waals surface area contributed by atoms with Crippen LogP contribution in [0.1, 0.15) is 42.4 Å². The summed E-state index contributed by atoms with van der Waals surface area (Å²) in [6.07, 6.45) is 9.74. The lowest BCUT2D eigenvalue weighted by atomic mass is 9.98. The van der Waals surface area contributed by atoms with Gasteiger partial charge in [0.2, 0.25) is 0 Å². The molecule has 1 fully saturated rings. The Balaban J connectivity index is 1.31. The molecule has 0 radical (unpaired) electrons. The highest BCUT2D eigenvalue weighted by Gasteiger charge is 2.30. The molecule has 214 valence electrons. The number of benzene rings is 3. The van der Waals surface area contributed by atoms with E-state index < -0.39 is 4.92 Å². The first kappa shape index (κ1) is 27.4. The van der Waals surface area contributed by atoms with E-state index in [-0.39, 0.29) is 11.6 Å². The van der Waals surface area contributed by atoms with Crippen molar-refractivity contribution in [2.75, 3.05) is 30.3 Å². The number of nitrogens with zero attached hydrogens (tertiary/aromatic N) is 4. The van der Waals surface area contributed by atoms with Crippen molar-refractivity contribution in [2.24, 2.45) is 7.05 Å². The summed E-state index contributed by atoms with van der Waals surface area (Å²) in [5.41, 5.74) is 6.67. The Morgan fingerprint density at radius 2 is 1.79 bits per heavy atom. The fourth-order valence-corrected chi connectivity index (χ4v) is 5.75. The summed E-state index contributed by atoms with van der Waals surface area (Å²) < 4.78 is 1.90. The van der Waals surface area contributed by atoms with Gasteiger partial charge in [-0.2, -0.15) is 0 Å². The molecule has 6 rings (SSSR count). The first-order valence-corrected chi connectivity index (χ1v) is 14.5. The number of rotatable bonds is 9. The van der Waals surface area contributed by atoms with Crippen LogP contribution < -0.4 is 10.6 Å². The topological polar surface area (TPSA) is 105 Å². The number of anilines is 2. The number of carbonyl (C=O) groups is 1. The van der Waals surface area contributed by atoms with Gasteiger partial charge in [0.05, 0.1) is 28.2 Å². The van der Waals surface area contributed by atoms with E-state index in [4.69, 9.17) is 0 Å². The van der Waals surface area contributed by atoms with Gasteiger partial charge in [-0.25, -0.2) is 4.98 Å². The van der Waals surface area contributed by atoms with Gasteiger partial charge in [0.15, 0.2) is 0 Å². The standard InChI is InChI=1S/C33H34N6O3/c1-37-21-30(34-22-37)24-11-13-26(14-12-24)35-32(31-28-20-27(39(41)42)15-16-29(28)36-33(31)40)25-9-7-23(8-10-25)6-5-19-38-17-3-2-4-18-38/h7-16,20-22,35H,2-6,17-19H2,1H3,(H,36,40)/b32-31-. The lowest BCUT2D eigenvalue weighted by Crippen LogP contribution is -2.30. The minimum absolute atomic E-state index is 0.0640. The zero-order valence-corrected chi connectivity index (χ0v) is 23.7. The van der Waals surface area contributed by atoms with Crippen molar-refractivity contribution in [3.05, 3.63) is 106 Å². The van der Waals surface area contributed by atoms with Gasteiger partial charge in [-0.05, 0) is 74.6 Å². The van der Waals surface area contributed by atoms with Crippen molar-refractivity contribution in [3.63, 3.8) is 0 Å². The molecule has 0 spiro atoms. The second-order valence-electron chi connectivity index (χ2n) is 11.0. The number of non-ortho nitro benzene ring substituents is 1. The number of amides is 1. The Morgan fingerprint density at radius 3 is 2.48 bits per heavy atom. The average Bonchev–Trinajstić information content (AvgIpc) is 3.59. The number of likely N-dealkylation sites (tertiary alicyclic amines) is 1. The minimum Gasteiger partial charge on any atom is -0.354 e. The summed E-state index contributed by atoms with van der Waals surface area (Å²) in [6, 6.07) is 20.6. The van der Waals surface area contributed by atoms with Crippen LogP contribution in [-0.2, 0) is 18.3 Å². The second-order valence-corrected chi connectivity index (χ2v) is 11.0. The molecule has 3 heterocycles. The van der Waals surface area contributed by atoms with Crippen LogP contribution in [0.3, 0.4) is 0 Å². The smallest absolute Gasteiger partial charge is 0.270 e. The molecule has 1 amide bonds. The number of carbonyl (C=O) groups excluding carboxylic acids is 1. The molecule has 9 nitrogen and oxygen atoms in total. The second kappa shape index (κ2) is 12.0. The average molecular weight is 563 g/mol. The first-order valence-electron chi connectivity index (χ1n) is 14.5. The normalized spacial score (nSPS) is 16.2. The number of fused-ring (bicyclic) bond motifs is 1. The van der Waals surface area contributed by atoms with E-state index in [0.717, 1.165) is 41.9 Å². The van der Waals surface area contributed by atoms with Gasteiger partial charge in [0.25, 0.3) is 11.6 Å². The van der Waals surface area contributed by atoms with E-state index in [1.807, 2.05) is 54.2 Å². The number of nitrogens with one attached hydrogen (secondary N) is 2. The summed E-state index contributed by atoms with van der Waals surface area (Å²) in [5, 5.41) is 17.9. The molecule has 9 heteroatoms. The lowest BCUT2D eigenvalue weighted by Gasteiger charge is -2.26. The number of piperidine rings is 1. The molecule has 0 atom stereocenters. The van der Waals surface area contributed by atoms with Gasteiger partial charge in [-0.15, -0.1) is 0 Å². The number of hydrogen-bond acceptors (Lipinski definition) is 6. The van der Waals surface area contributed by atoms with Crippen molar-refractivity contribution in [2.45, 2.75) is 32.1 Å². The van der Waals surface area contributed by atoms with Crippen LogP contribution in [0, 0.1) is 10.1 Å². The molecule has 2 aliphatic heterocycles. The molecule has 0 bridgehead atoms. The molecule has 1 saturated heterocycles. The van der Waals surface area contributed by atoms with Crippen LogP contribution in [0.4, 0.5) is 17.1 Å². The summed E-state index contributed by atoms with van der Waals surface area (Å²) in [7, 11) is 1.93. The highest BCUT2D eigenvalue weighted by Crippen LogP contribution is 2.39. The monoisotopic (exact) mass is 562 g/mol. The molecule has 0 aliphatic carbocycles. The summed E-state index contributed by atoms with van der Waals surface area (Å²) >= 11 is 0. The molecule has 0 saturated carbocycles. The molecule has 3 aromatic carbocycles. The fraction of sp³-hybridized carbons (Fsp3) is 0.273. The Kier molecular flexibility index (Phi) is 7.83. The number of imidazole rings is 1. The van der Waals surface area contributed by atoms with Crippen molar-refractivity contribution in [1.82, 2.24) is 14.5 Å². The van der Waals surface area contributed by atoms with Crippen molar-refractivity contribution in [3.8, 4) is 11.3 Å². The summed E-state index contributed by atoms with van der Waals surface area (Å²) in [6.45, 7) is 3.51. The maximum atomic E-state index is 13.3. The van der Waals surface area contributed by atoms with Gasteiger partial charge in [-0.1, -0.05) is 42.8 Å². The van der Waals surface area contributed by atoms with E-state index >= 15 is 0 Å². The first-order chi connectivity index (χ1) is 20.4. The van der Waals surface area contributed by atoms with E-state index in [2.05, 4.69) is 32.7 Å². The van der Waals surface area contributed by atoms with Gasteiger partial charge in [0, 0.05) is 47.9 Å².